The van der Waals surface area contributed by atoms with Crippen molar-refractivity contribution in [3.63, 3.8) is 0 Å². The summed E-state index contributed by atoms with van der Waals surface area (Å²) in [5.41, 5.74) is 2.24. The van der Waals surface area contributed by atoms with E-state index in [1.165, 1.54) is 17.8 Å². The van der Waals surface area contributed by atoms with Crippen LogP contribution in [0.1, 0.15) is 39.0 Å². The normalized spacial score (nSPS) is 22.4. The van der Waals surface area contributed by atoms with Crippen molar-refractivity contribution in [3.05, 3.63) is 56.5 Å². The van der Waals surface area contributed by atoms with Gasteiger partial charge in [0.15, 0.2) is 0 Å². The van der Waals surface area contributed by atoms with Crippen LogP contribution in [-0.2, 0) is 11.3 Å². The highest BCUT2D eigenvalue weighted by atomic mass is 32.2. The van der Waals surface area contributed by atoms with Crippen molar-refractivity contribution in [2.24, 2.45) is 5.10 Å². The van der Waals surface area contributed by atoms with Crippen molar-refractivity contribution in [1.29, 1.82) is 0 Å². The molecular formula is C24H26N4O2S2. The first-order chi connectivity index (χ1) is 15.5. The van der Waals surface area contributed by atoms with Crippen molar-refractivity contribution < 1.29 is 4.79 Å². The van der Waals surface area contributed by atoms with Crippen molar-refractivity contribution in [3.8, 4) is 0 Å². The van der Waals surface area contributed by atoms with Gasteiger partial charge in [0, 0.05) is 18.5 Å². The number of amides is 1. The predicted molar refractivity (Wildman–Crippen MR) is 132 cm³/mol. The van der Waals surface area contributed by atoms with Crippen LogP contribution in [0.2, 0.25) is 0 Å². The molecule has 0 unspecified atom stereocenters. The number of fused-ring (bicyclic) bond motifs is 1. The van der Waals surface area contributed by atoms with E-state index in [1.807, 2.05) is 26.1 Å². The van der Waals surface area contributed by atoms with Crippen LogP contribution in [0.4, 0.5) is 5.69 Å². The van der Waals surface area contributed by atoms with Crippen LogP contribution in [0, 0.1) is 0 Å². The fourth-order valence-electron chi connectivity index (χ4n) is 4.67. The molecule has 2 aliphatic heterocycles. The molecule has 1 saturated carbocycles. The number of hydrogen-bond donors (Lipinski definition) is 0. The van der Waals surface area contributed by atoms with E-state index in [2.05, 4.69) is 28.7 Å². The molecule has 0 spiro atoms. The topological polar surface area (TPSA) is 57.9 Å². The third-order valence-electron chi connectivity index (χ3n) is 6.30. The number of aromatic nitrogens is 1. The van der Waals surface area contributed by atoms with Crippen molar-refractivity contribution in [2.45, 2.75) is 56.5 Å². The molecule has 1 aliphatic carbocycles. The Kier molecular flexibility index (Phi) is 5.59. The molecule has 1 aromatic heterocycles. The molecule has 5 rings (SSSR count). The summed E-state index contributed by atoms with van der Waals surface area (Å²) in [4.78, 5) is 30.2. The van der Waals surface area contributed by atoms with Gasteiger partial charge in [-0.05, 0) is 31.9 Å². The van der Waals surface area contributed by atoms with Crippen LogP contribution in [0.3, 0.4) is 0 Å². The van der Waals surface area contributed by atoms with E-state index < -0.39 is 0 Å². The third kappa shape index (κ3) is 3.36. The average Bonchev–Trinajstić information content (AvgIpc) is 3.41. The van der Waals surface area contributed by atoms with Gasteiger partial charge in [0.1, 0.15) is 14.2 Å². The fraction of sp³-hybridized carbons (Fsp3) is 0.375. The second kappa shape index (κ2) is 8.41. The maximum atomic E-state index is 13.5. The van der Waals surface area contributed by atoms with E-state index >= 15 is 0 Å². The molecule has 2 aromatic rings. The van der Waals surface area contributed by atoms with E-state index in [0.29, 0.717) is 27.0 Å². The Bertz CT molecular complexity index is 1310. The number of nitrogens with zero attached hydrogens (tertiary/aromatic N) is 4. The lowest BCUT2D eigenvalue weighted by molar-refractivity contribution is -0.126. The molecule has 0 saturated heterocycles. The van der Waals surface area contributed by atoms with E-state index in [1.54, 1.807) is 27.4 Å². The summed E-state index contributed by atoms with van der Waals surface area (Å²) < 4.78 is 3.00. The number of carbonyl (C=O) groups excluding carboxylic acids is 1. The number of hydrogen-bond acceptors (Lipinski definition) is 6. The van der Waals surface area contributed by atoms with Gasteiger partial charge in [0.05, 0.1) is 23.0 Å². The summed E-state index contributed by atoms with van der Waals surface area (Å²) in [5, 5.41) is 7.21. The minimum atomic E-state index is -0.0868. The molecule has 0 N–H and O–H groups in total. The lowest BCUT2D eigenvalue weighted by Crippen LogP contribution is -2.38. The monoisotopic (exact) mass is 466 g/mol. The number of hydrazone groups is 1. The van der Waals surface area contributed by atoms with E-state index in [0.717, 1.165) is 41.3 Å². The molecular weight excluding hydrogens is 440 g/mol. The number of allylic oxidation sites excluding steroid dienone is 1. The fourth-order valence-corrected chi connectivity index (χ4v) is 7.22. The van der Waals surface area contributed by atoms with E-state index in [-0.39, 0.29) is 17.5 Å². The summed E-state index contributed by atoms with van der Waals surface area (Å²) in [6, 6.07) is 8.28. The first-order valence-electron chi connectivity index (χ1n) is 11.0. The lowest BCUT2D eigenvalue weighted by Gasteiger charge is -2.27. The third-order valence-corrected chi connectivity index (χ3v) is 8.86. The van der Waals surface area contributed by atoms with Gasteiger partial charge < -0.3 is 4.90 Å². The number of thioether (sulfide) groups is 1. The standard InChI is InChI=1S/C24H26N4O2S2/c1-4-14-27-22(30)20(24-26(3)17-12-8-9-13-18(17)31-24)32-23(27)19-15(2)25-28(21(19)29)16-10-6-5-7-11-16/h4,8-9,12-13,16H,1,5-7,10-11,14H2,2-3H3/b23-19+,24-20-. The van der Waals surface area contributed by atoms with Crippen molar-refractivity contribution in [1.82, 2.24) is 9.58 Å². The average molecular weight is 467 g/mol. The number of rotatable bonds is 3. The molecule has 3 heterocycles. The molecule has 3 aliphatic rings. The lowest BCUT2D eigenvalue weighted by atomic mass is 9.95. The summed E-state index contributed by atoms with van der Waals surface area (Å²) in [7, 11) is 1.98. The first-order valence-corrected chi connectivity index (χ1v) is 12.6. The molecule has 0 bridgehead atoms. The first kappa shape index (κ1) is 21.3. The van der Waals surface area contributed by atoms with Crippen LogP contribution in [0.15, 0.2) is 51.7 Å². The zero-order chi connectivity index (χ0) is 22.4. The van der Waals surface area contributed by atoms with E-state index in [9.17, 15) is 9.59 Å². The molecule has 32 heavy (non-hydrogen) atoms. The molecule has 166 valence electrons. The molecule has 1 amide bonds. The Hall–Kier alpha value is -2.58. The Morgan fingerprint density at radius 1 is 1.19 bits per heavy atom. The van der Waals surface area contributed by atoms with Gasteiger partial charge in [-0.3, -0.25) is 14.2 Å². The SMILES string of the molecule is C=CCn1c(=O)/c(=C2/Sc3ccccc3N2C)s/c1=C1/C(=O)N(C2CCCCC2)N=C1C. The maximum absolute atomic E-state index is 13.5. The van der Waals surface area contributed by atoms with Gasteiger partial charge in [-0.15, -0.1) is 17.9 Å². The molecule has 0 radical (unpaired) electrons. The molecule has 0 atom stereocenters. The summed E-state index contributed by atoms with van der Waals surface area (Å²) in [5.74, 6) is -0.0827. The number of para-hydroxylation sites is 1. The van der Waals surface area contributed by atoms with Crippen LogP contribution >= 0.6 is 23.1 Å². The number of thiazole rings is 1. The van der Waals surface area contributed by atoms with Crippen molar-refractivity contribution >= 4 is 51.0 Å². The highest BCUT2D eigenvalue weighted by Crippen LogP contribution is 2.44. The highest BCUT2D eigenvalue weighted by Gasteiger charge is 2.35. The smallest absolute Gasteiger partial charge is 0.279 e. The van der Waals surface area contributed by atoms with Gasteiger partial charge in [0.25, 0.3) is 11.5 Å². The minimum Gasteiger partial charge on any atom is -0.337 e. The quantitative estimate of drug-likeness (QED) is 0.653. The largest absolute Gasteiger partial charge is 0.337 e. The second-order valence-electron chi connectivity index (χ2n) is 8.38. The zero-order valence-corrected chi connectivity index (χ0v) is 20.0. The Labute approximate surface area is 195 Å². The van der Waals surface area contributed by atoms with Gasteiger partial charge in [-0.2, -0.15) is 5.10 Å². The maximum Gasteiger partial charge on any atom is 0.279 e. The zero-order valence-electron chi connectivity index (χ0n) is 18.3. The molecule has 6 nitrogen and oxygen atoms in total. The summed E-state index contributed by atoms with van der Waals surface area (Å²) in [6.45, 7) is 6.06. The number of anilines is 1. The molecule has 1 fully saturated rings. The van der Waals surface area contributed by atoms with Gasteiger partial charge in [-0.25, -0.2) is 5.01 Å². The van der Waals surface area contributed by atoms with Gasteiger partial charge in [0.2, 0.25) is 0 Å². The van der Waals surface area contributed by atoms with E-state index in [4.69, 9.17) is 0 Å². The van der Waals surface area contributed by atoms with Crippen molar-refractivity contribution in [2.75, 3.05) is 11.9 Å². The number of benzene rings is 1. The summed E-state index contributed by atoms with van der Waals surface area (Å²) in [6.07, 6.45) is 7.16. The Balaban J connectivity index is 1.69. The molecule has 1 aromatic carbocycles. The van der Waals surface area contributed by atoms with Crippen LogP contribution in [-0.4, -0.2) is 34.3 Å². The highest BCUT2D eigenvalue weighted by molar-refractivity contribution is 8.08. The Morgan fingerprint density at radius 3 is 2.66 bits per heavy atom. The number of carbonyl (C=O) groups is 1. The predicted octanol–water partition coefficient (Wildman–Crippen LogP) is 3.11. The van der Waals surface area contributed by atoms with Gasteiger partial charge in [-0.1, -0.05) is 49.2 Å². The van der Waals surface area contributed by atoms with Gasteiger partial charge >= 0.3 is 0 Å². The minimum absolute atomic E-state index is 0.0827. The second-order valence-corrected chi connectivity index (χ2v) is 10.4. The van der Waals surface area contributed by atoms with Crippen LogP contribution in [0.25, 0.3) is 10.6 Å². The summed E-state index contributed by atoms with van der Waals surface area (Å²) >= 11 is 2.99. The Morgan fingerprint density at radius 2 is 1.94 bits per heavy atom. The van der Waals surface area contributed by atoms with Crippen LogP contribution in [0.5, 0.6) is 0 Å². The molecule has 8 heteroatoms. The van der Waals surface area contributed by atoms with Crippen LogP contribution < -0.4 is 19.7 Å².